The van der Waals surface area contributed by atoms with Crippen molar-refractivity contribution in [1.29, 1.82) is 0 Å². The maximum Gasteiger partial charge on any atom is 0.423 e. The fourth-order valence-electron chi connectivity index (χ4n) is 4.99. The van der Waals surface area contributed by atoms with Crippen LogP contribution in [0.3, 0.4) is 0 Å². The number of hydrazine groups is 1. The number of likely N-dealkylation sites (N-methyl/N-ethyl adjacent to an activating group) is 2. The van der Waals surface area contributed by atoms with Gasteiger partial charge in [0.05, 0.1) is 29.3 Å². The monoisotopic (exact) mass is 599 g/mol. The van der Waals surface area contributed by atoms with Crippen LogP contribution in [0, 0.1) is 0 Å². The van der Waals surface area contributed by atoms with Crippen LogP contribution in [0.1, 0.15) is 42.1 Å². The first-order valence-corrected chi connectivity index (χ1v) is 14.7. The summed E-state index contributed by atoms with van der Waals surface area (Å²) >= 11 is 0. The number of hydrogen-bond donors (Lipinski definition) is 2. The summed E-state index contributed by atoms with van der Waals surface area (Å²) in [6.07, 6.45) is -1.45. The molecule has 0 spiro atoms. The number of alkyl halides is 3. The molecule has 226 valence electrons. The van der Waals surface area contributed by atoms with Gasteiger partial charge in [-0.1, -0.05) is 0 Å². The molecular formula is C26H36F3N7O4S. The van der Waals surface area contributed by atoms with Gasteiger partial charge in [-0.05, 0) is 51.4 Å². The third-order valence-electron chi connectivity index (χ3n) is 7.73. The molecule has 1 aromatic carbocycles. The summed E-state index contributed by atoms with van der Waals surface area (Å²) in [5.41, 5.74) is 1.72. The third-order valence-corrected chi connectivity index (χ3v) is 8.92. The van der Waals surface area contributed by atoms with Gasteiger partial charge in [0.2, 0.25) is 11.8 Å². The highest BCUT2D eigenvalue weighted by molar-refractivity contribution is 7.81. The number of halogens is 3. The van der Waals surface area contributed by atoms with Crippen molar-refractivity contribution < 1.29 is 31.6 Å². The molecule has 2 N–H and O–H groups in total. The van der Waals surface area contributed by atoms with Gasteiger partial charge in [0.25, 0.3) is 5.91 Å². The lowest BCUT2D eigenvalue weighted by molar-refractivity contribution is -0.140. The second-order valence-electron chi connectivity index (χ2n) is 10.5. The number of nitrogens with one attached hydrogen (secondary N) is 2. The predicted octanol–water partition coefficient (Wildman–Crippen LogP) is 3.06. The minimum Gasteiger partial charge on any atom is -0.495 e. The van der Waals surface area contributed by atoms with Gasteiger partial charge in [-0.2, -0.15) is 18.2 Å². The molecule has 3 atom stereocenters. The van der Waals surface area contributed by atoms with Gasteiger partial charge >= 0.3 is 6.18 Å². The lowest BCUT2D eigenvalue weighted by atomic mass is 9.98. The molecule has 1 amide bonds. The summed E-state index contributed by atoms with van der Waals surface area (Å²) in [6.45, 7) is 4.88. The molecular weight excluding hydrogens is 563 g/mol. The average molecular weight is 600 g/mol. The van der Waals surface area contributed by atoms with E-state index < -0.39 is 40.2 Å². The van der Waals surface area contributed by atoms with Gasteiger partial charge in [-0.3, -0.25) is 10.2 Å². The quantitative estimate of drug-likeness (QED) is 0.449. The van der Waals surface area contributed by atoms with Crippen LogP contribution in [0.2, 0.25) is 0 Å². The number of methoxy groups -OCH3 is 1. The highest BCUT2D eigenvalue weighted by Gasteiger charge is 2.47. The Morgan fingerprint density at radius 3 is 2.59 bits per heavy atom. The smallest absolute Gasteiger partial charge is 0.423 e. The number of carbonyl (C=O) groups is 1. The average Bonchev–Trinajstić information content (AvgIpc) is 3.29. The van der Waals surface area contributed by atoms with Gasteiger partial charge in [0, 0.05) is 51.2 Å². The zero-order valence-corrected chi connectivity index (χ0v) is 24.6. The van der Waals surface area contributed by atoms with Crippen LogP contribution in [-0.4, -0.2) is 99.6 Å². The van der Waals surface area contributed by atoms with E-state index in [0.29, 0.717) is 49.8 Å². The van der Waals surface area contributed by atoms with Crippen LogP contribution in [0.15, 0.2) is 24.4 Å². The van der Waals surface area contributed by atoms with E-state index >= 15 is 0 Å². The minimum absolute atomic E-state index is 0.145. The number of amides is 1. The van der Waals surface area contributed by atoms with E-state index in [1.165, 1.54) is 19.4 Å². The molecule has 2 heterocycles. The van der Waals surface area contributed by atoms with Crippen LogP contribution in [0.5, 0.6) is 11.6 Å². The normalized spacial score (nSPS) is 22.9. The number of hydrogen-bond acceptors (Lipinski definition) is 9. The molecule has 15 heteroatoms. The molecule has 1 aliphatic heterocycles. The Morgan fingerprint density at radius 2 is 1.95 bits per heavy atom. The summed E-state index contributed by atoms with van der Waals surface area (Å²) in [5.74, 6) is -0.797. The predicted molar refractivity (Wildman–Crippen MR) is 148 cm³/mol. The van der Waals surface area contributed by atoms with Gasteiger partial charge in [-0.15, -0.1) is 0 Å². The largest absolute Gasteiger partial charge is 0.495 e. The lowest BCUT2D eigenvalue weighted by Gasteiger charge is -2.38. The van der Waals surface area contributed by atoms with Crippen molar-refractivity contribution in [2.24, 2.45) is 0 Å². The maximum absolute atomic E-state index is 13.9. The third kappa shape index (κ3) is 7.08. The van der Waals surface area contributed by atoms with Crippen LogP contribution in [0.4, 0.5) is 24.8 Å². The Morgan fingerprint density at radius 1 is 1.24 bits per heavy atom. The molecule has 1 unspecified atom stereocenters. The summed E-state index contributed by atoms with van der Waals surface area (Å²) in [6, 6.07) is 4.67. The number of piperazine rings is 1. The van der Waals surface area contributed by atoms with Crippen LogP contribution in [0.25, 0.3) is 0 Å². The zero-order valence-electron chi connectivity index (χ0n) is 23.7. The first-order chi connectivity index (χ1) is 19.3. The summed E-state index contributed by atoms with van der Waals surface area (Å²) < 4.78 is 66.8. The summed E-state index contributed by atoms with van der Waals surface area (Å²) in [4.78, 5) is 22.9. The molecule has 1 aromatic heterocycles. The highest BCUT2D eigenvalue weighted by Crippen LogP contribution is 2.41. The van der Waals surface area contributed by atoms with Crippen LogP contribution >= 0.6 is 0 Å². The van der Waals surface area contributed by atoms with Gasteiger partial charge in [0.15, 0.2) is 0 Å². The van der Waals surface area contributed by atoms with E-state index in [2.05, 4.69) is 25.6 Å². The van der Waals surface area contributed by atoms with Crippen molar-refractivity contribution in [1.82, 2.24) is 29.6 Å². The molecule has 1 saturated heterocycles. The molecule has 2 aliphatic rings. The standard InChI is InChI=1S/C26H36F3N7O4S/c1-25(35(3)41(5)38)10-6-7-21(25)40-23-18(26(27,28)29)16-30-24(32-23)31-19-9-8-17(15-20(19)39-4)22(37)33-36-13-11-34(2)12-14-36/h8-9,15-16,21H,6-7,10-14H2,1-5H3,(H,33,37)(H,30,31,32)/t21-,25+,41?/m1/s1. The number of benzene rings is 1. The van der Waals surface area contributed by atoms with E-state index in [9.17, 15) is 22.2 Å². The molecule has 2 fully saturated rings. The molecule has 2 aromatic rings. The van der Waals surface area contributed by atoms with Gasteiger partial charge in [-0.25, -0.2) is 18.5 Å². The molecule has 0 bridgehead atoms. The van der Waals surface area contributed by atoms with Crippen LogP contribution in [-0.2, 0) is 17.2 Å². The Hall–Kier alpha value is -3.01. The minimum atomic E-state index is -4.75. The number of rotatable bonds is 9. The molecule has 11 nitrogen and oxygen atoms in total. The Bertz CT molecular complexity index is 1280. The number of carbonyl (C=O) groups excluding carboxylic acids is 1. The SMILES string of the molecule is COc1cc(C(=O)NN2CCN(C)CC2)ccc1Nc1ncc(C(F)(F)F)c(O[C@@H]2CCC[C@]2(C)N(C)S(C)=O)n1. The first-order valence-electron chi connectivity index (χ1n) is 13.2. The number of anilines is 2. The van der Waals surface area contributed by atoms with Crippen molar-refractivity contribution in [2.75, 3.05) is 59.0 Å². The van der Waals surface area contributed by atoms with Crippen molar-refractivity contribution >= 4 is 28.5 Å². The second kappa shape index (κ2) is 12.5. The topological polar surface area (TPSA) is 112 Å². The molecule has 4 rings (SSSR count). The van der Waals surface area contributed by atoms with Crippen LogP contribution < -0.4 is 20.2 Å². The maximum atomic E-state index is 13.9. The van der Waals surface area contributed by atoms with Gasteiger partial charge < -0.3 is 19.7 Å². The second-order valence-corrected chi connectivity index (χ2v) is 11.9. The van der Waals surface area contributed by atoms with E-state index in [0.717, 1.165) is 13.1 Å². The summed E-state index contributed by atoms with van der Waals surface area (Å²) in [5, 5.41) is 4.73. The number of aromatic nitrogens is 2. The van der Waals surface area contributed by atoms with Crippen molar-refractivity contribution in [2.45, 2.75) is 44.0 Å². The highest BCUT2D eigenvalue weighted by atomic mass is 32.2. The molecule has 0 radical (unpaired) electrons. The number of ether oxygens (including phenoxy) is 2. The van der Waals surface area contributed by atoms with Crippen molar-refractivity contribution in [3.8, 4) is 11.6 Å². The van der Waals surface area contributed by atoms with E-state index in [1.807, 2.05) is 19.0 Å². The number of nitrogens with zero attached hydrogens (tertiary/aromatic N) is 5. The van der Waals surface area contributed by atoms with Gasteiger partial charge in [0.1, 0.15) is 17.4 Å². The zero-order chi connectivity index (χ0) is 29.9. The fraction of sp³-hybridized carbons (Fsp3) is 0.577. The Kier molecular flexibility index (Phi) is 9.41. The van der Waals surface area contributed by atoms with Crippen molar-refractivity contribution in [3.63, 3.8) is 0 Å². The molecule has 41 heavy (non-hydrogen) atoms. The van der Waals surface area contributed by atoms with E-state index in [-0.39, 0.29) is 17.6 Å². The first kappa shape index (κ1) is 30.9. The summed E-state index contributed by atoms with van der Waals surface area (Å²) in [7, 11) is 3.75. The fourth-order valence-corrected chi connectivity index (χ4v) is 5.78. The Labute approximate surface area is 239 Å². The van der Waals surface area contributed by atoms with E-state index in [4.69, 9.17) is 9.47 Å². The molecule has 1 aliphatic carbocycles. The van der Waals surface area contributed by atoms with E-state index in [1.54, 1.807) is 23.5 Å². The lowest BCUT2D eigenvalue weighted by Crippen LogP contribution is -2.52. The Balaban J connectivity index is 1.56. The molecule has 1 saturated carbocycles. The van der Waals surface area contributed by atoms with Crippen molar-refractivity contribution in [3.05, 3.63) is 35.5 Å².